The van der Waals surface area contributed by atoms with E-state index in [4.69, 9.17) is 11.1 Å². The van der Waals surface area contributed by atoms with Gasteiger partial charge >= 0.3 is 0 Å². The van der Waals surface area contributed by atoms with Crippen molar-refractivity contribution in [2.45, 2.75) is 26.7 Å². The molecule has 0 aromatic heterocycles. The van der Waals surface area contributed by atoms with Gasteiger partial charge in [0.25, 0.3) is 0 Å². The SMILES string of the molecule is CC(C)C[C@H](CC(N)=O)C(=O)NCC(=O)N(C)c1ccccc1C(=N)c1ccccc1F. The number of primary amides is 1. The van der Waals surface area contributed by atoms with E-state index in [9.17, 15) is 18.8 Å². The molecule has 1 atom stereocenters. The number of halogens is 1. The number of nitrogens with two attached hydrogens (primary N) is 1. The molecule has 2 rings (SSSR count). The molecule has 0 spiro atoms. The Morgan fingerprint density at radius 1 is 1.06 bits per heavy atom. The van der Waals surface area contributed by atoms with Crippen LogP contribution in [-0.2, 0) is 14.4 Å². The topological polar surface area (TPSA) is 116 Å². The molecule has 0 aliphatic carbocycles. The molecule has 8 heteroatoms. The number of likely N-dealkylation sites (N-methyl/N-ethyl adjacent to an activating group) is 1. The predicted octanol–water partition coefficient (Wildman–Crippen LogP) is 2.86. The van der Waals surface area contributed by atoms with E-state index in [0.29, 0.717) is 17.7 Å². The van der Waals surface area contributed by atoms with Crippen molar-refractivity contribution < 1.29 is 18.8 Å². The molecule has 32 heavy (non-hydrogen) atoms. The number of hydrogen-bond donors (Lipinski definition) is 3. The van der Waals surface area contributed by atoms with Crippen molar-refractivity contribution in [1.29, 1.82) is 5.41 Å². The van der Waals surface area contributed by atoms with Gasteiger partial charge in [-0.1, -0.05) is 44.2 Å². The Balaban J connectivity index is 2.15. The lowest BCUT2D eigenvalue weighted by Gasteiger charge is -2.22. The number of benzene rings is 2. The molecule has 4 N–H and O–H groups in total. The Morgan fingerprint density at radius 3 is 2.25 bits per heavy atom. The summed E-state index contributed by atoms with van der Waals surface area (Å²) >= 11 is 0. The summed E-state index contributed by atoms with van der Waals surface area (Å²) in [4.78, 5) is 37.9. The van der Waals surface area contributed by atoms with Crippen molar-refractivity contribution in [3.63, 3.8) is 0 Å². The molecule has 2 aromatic carbocycles. The summed E-state index contributed by atoms with van der Waals surface area (Å²) < 4.78 is 14.2. The first kappa shape index (κ1) is 24.7. The lowest BCUT2D eigenvalue weighted by atomic mass is 9.93. The van der Waals surface area contributed by atoms with Crippen LogP contribution in [0.5, 0.6) is 0 Å². The molecule has 0 heterocycles. The molecule has 0 radical (unpaired) electrons. The van der Waals surface area contributed by atoms with Gasteiger partial charge in [0, 0.05) is 30.5 Å². The van der Waals surface area contributed by atoms with Crippen molar-refractivity contribution in [3.05, 3.63) is 65.5 Å². The highest BCUT2D eigenvalue weighted by molar-refractivity contribution is 6.16. The smallest absolute Gasteiger partial charge is 0.246 e. The Labute approximate surface area is 187 Å². The van der Waals surface area contributed by atoms with Gasteiger partial charge in [0.15, 0.2) is 0 Å². The van der Waals surface area contributed by atoms with Crippen LogP contribution < -0.4 is 16.0 Å². The highest BCUT2D eigenvalue weighted by Crippen LogP contribution is 2.24. The summed E-state index contributed by atoms with van der Waals surface area (Å²) in [5.41, 5.74) is 6.11. The van der Waals surface area contributed by atoms with E-state index in [1.165, 1.54) is 24.1 Å². The molecule has 0 bridgehead atoms. The van der Waals surface area contributed by atoms with Gasteiger partial charge in [-0.05, 0) is 30.5 Å². The van der Waals surface area contributed by atoms with E-state index in [1.54, 1.807) is 36.4 Å². The summed E-state index contributed by atoms with van der Waals surface area (Å²) in [5.74, 6) is -2.36. The maximum atomic E-state index is 14.2. The lowest BCUT2D eigenvalue weighted by molar-refractivity contribution is -0.131. The zero-order valence-corrected chi connectivity index (χ0v) is 18.5. The first-order valence-electron chi connectivity index (χ1n) is 10.4. The minimum Gasteiger partial charge on any atom is -0.370 e. The maximum absolute atomic E-state index is 14.2. The van der Waals surface area contributed by atoms with Crippen LogP contribution in [0.1, 0.15) is 37.8 Å². The van der Waals surface area contributed by atoms with E-state index in [-0.39, 0.29) is 30.2 Å². The van der Waals surface area contributed by atoms with Crippen LogP contribution in [0.2, 0.25) is 0 Å². The first-order chi connectivity index (χ1) is 15.1. The standard InChI is InChI=1S/C24H29FN4O3/c1-15(2)12-16(13-21(26)30)24(32)28-14-22(31)29(3)20-11-7-5-9-18(20)23(27)17-8-4-6-10-19(17)25/h4-11,15-16,27H,12-14H2,1-3H3,(H2,26,30)(H,28,32)/t16-/m1/s1. The molecule has 0 saturated carbocycles. The number of nitrogens with one attached hydrogen (secondary N) is 2. The Bertz CT molecular complexity index is 1010. The number of hydrogen-bond acceptors (Lipinski definition) is 4. The van der Waals surface area contributed by atoms with Gasteiger partial charge in [-0.25, -0.2) is 4.39 Å². The molecule has 170 valence electrons. The molecule has 0 fully saturated rings. The van der Waals surface area contributed by atoms with E-state index in [0.717, 1.165) is 0 Å². The van der Waals surface area contributed by atoms with Crippen molar-refractivity contribution >= 4 is 29.1 Å². The number of amides is 3. The third-order valence-electron chi connectivity index (χ3n) is 5.04. The van der Waals surface area contributed by atoms with Crippen molar-refractivity contribution in [2.75, 3.05) is 18.5 Å². The fraction of sp³-hybridized carbons (Fsp3) is 0.333. The fourth-order valence-electron chi connectivity index (χ4n) is 3.44. The van der Waals surface area contributed by atoms with Crippen LogP contribution in [0.15, 0.2) is 48.5 Å². The largest absolute Gasteiger partial charge is 0.370 e. The maximum Gasteiger partial charge on any atom is 0.246 e. The number of anilines is 1. The van der Waals surface area contributed by atoms with Gasteiger partial charge in [0.2, 0.25) is 17.7 Å². The fourth-order valence-corrected chi connectivity index (χ4v) is 3.44. The van der Waals surface area contributed by atoms with Gasteiger partial charge < -0.3 is 16.0 Å². The first-order valence-corrected chi connectivity index (χ1v) is 10.4. The van der Waals surface area contributed by atoms with E-state index in [2.05, 4.69) is 5.32 Å². The summed E-state index contributed by atoms with van der Waals surface area (Å²) in [6.45, 7) is 3.58. The second-order valence-electron chi connectivity index (χ2n) is 8.04. The molecule has 3 amide bonds. The molecule has 7 nitrogen and oxygen atoms in total. The zero-order chi connectivity index (χ0) is 23.8. The van der Waals surface area contributed by atoms with E-state index in [1.807, 2.05) is 13.8 Å². The van der Waals surface area contributed by atoms with Gasteiger partial charge in [-0.3, -0.25) is 19.8 Å². The quantitative estimate of drug-likeness (QED) is 0.493. The van der Waals surface area contributed by atoms with Crippen molar-refractivity contribution in [1.82, 2.24) is 5.32 Å². The van der Waals surface area contributed by atoms with Gasteiger partial charge in [-0.15, -0.1) is 0 Å². The average molecular weight is 441 g/mol. The summed E-state index contributed by atoms with van der Waals surface area (Å²) in [7, 11) is 1.52. The average Bonchev–Trinajstić information content (AvgIpc) is 2.75. The van der Waals surface area contributed by atoms with Crippen molar-refractivity contribution in [3.8, 4) is 0 Å². The highest BCUT2D eigenvalue weighted by Gasteiger charge is 2.24. The summed E-state index contributed by atoms with van der Waals surface area (Å²) in [5, 5.41) is 11.0. The summed E-state index contributed by atoms with van der Waals surface area (Å²) in [6.07, 6.45) is 0.387. The molecule has 0 unspecified atom stereocenters. The van der Waals surface area contributed by atoms with Crippen molar-refractivity contribution in [2.24, 2.45) is 17.6 Å². The van der Waals surface area contributed by atoms with Crippen LogP contribution in [0.3, 0.4) is 0 Å². The van der Waals surface area contributed by atoms with Crippen LogP contribution in [-0.4, -0.2) is 37.0 Å². The second kappa shape index (κ2) is 11.2. The number of carbonyl (C=O) groups excluding carboxylic acids is 3. The predicted molar refractivity (Wildman–Crippen MR) is 122 cm³/mol. The van der Waals surface area contributed by atoms with Gasteiger partial charge in [0.05, 0.1) is 17.9 Å². The van der Waals surface area contributed by atoms with E-state index < -0.39 is 29.5 Å². The minimum absolute atomic E-state index is 0.0548. The van der Waals surface area contributed by atoms with Gasteiger partial charge in [-0.2, -0.15) is 0 Å². The van der Waals surface area contributed by atoms with Crippen LogP contribution in [0.4, 0.5) is 10.1 Å². The molecule has 2 aromatic rings. The lowest BCUT2D eigenvalue weighted by Crippen LogP contribution is -2.42. The molecular formula is C24H29FN4O3. The normalized spacial score (nSPS) is 11.7. The van der Waals surface area contributed by atoms with Crippen LogP contribution in [0.25, 0.3) is 0 Å². The monoisotopic (exact) mass is 440 g/mol. The zero-order valence-electron chi connectivity index (χ0n) is 18.5. The minimum atomic E-state index is -0.605. The molecule has 0 aliphatic heterocycles. The summed E-state index contributed by atoms with van der Waals surface area (Å²) in [6, 6.07) is 12.7. The molecular weight excluding hydrogens is 411 g/mol. The number of para-hydroxylation sites is 1. The third kappa shape index (κ3) is 6.47. The van der Waals surface area contributed by atoms with Gasteiger partial charge in [0.1, 0.15) is 5.82 Å². The number of carbonyl (C=O) groups is 3. The van der Waals surface area contributed by atoms with Crippen LogP contribution >= 0.6 is 0 Å². The van der Waals surface area contributed by atoms with E-state index >= 15 is 0 Å². The number of nitrogens with zero attached hydrogens (tertiary/aromatic N) is 1. The third-order valence-corrected chi connectivity index (χ3v) is 5.04. The molecule has 0 aliphatic rings. The Kier molecular flexibility index (Phi) is 8.63. The second-order valence-corrected chi connectivity index (χ2v) is 8.04. The Morgan fingerprint density at radius 2 is 1.66 bits per heavy atom. The van der Waals surface area contributed by atoms with Crippen LogP contribution in [0, 0.1) is 23.1 Å². The number of rotatable bonds is 10. The molecule has 0 saturated heterocycles. The Hall–Kier alpha value is -3.55. The highest BCUT2D eigenvalue weighted by atomic mass is 19.1.